The molecule has 0 bridgehead atoms. The highest BCUT2D eigenvalue weighted by Crippen LogP contribution is 2.46. The fourth-order valence-electron chi connectivity index (χ4n) is 16.8. The van der Waals surface area contributed by atoms with Crippen LogP contribution in [0.4, 0.5) is 0 Å². The van der Waals surface area contributed by atoms with Crippen molar-refractivity contribution in [3.05, 3.63) is 376 Å². The van der Waals surface area contributed by atoms with Crippen LogP contribution in [0.5, 0.6) is 0 Å². The summed E-state index contributed by atoms with van der Waals surface area (Å²) in [6.07, 6.45) is 0. The van der Waals surface area contributed by atoms with Gasteiger partial charge in [-0.25, -0.2) is 39.9 Å². The lowest BCUT2D eigenvalue weighted by molar-refractivity contribution is 0.669. The van der Waals surface area contributed by atoms with Crippen molar-refractivity contribution in [3.8, 4) is 125 Å². The first-order valence-electron chi connectivity index (χ1n) is 39.1. The summed E-state index contributed by atoms with van der Waals surface area (Å²) in [5, 5.41) is 8.13. The number of hydrogen-bond acceptors (Lipinski definition) is 12. The first kappa shape index (κ1) is 67.4. The Hall–Kier alpha value is -16.3. The van der Waals surface area contributed by atoms with Crippen molar-refractivity contribution < 1.29 is 17.7 Å². The summed E-state index contributed by atoms with van der Waals surface area (Å²) >= 11 is 0. The lowest BCUT2D eigenvalue weighted by Gasteiger charge is -2.11. The number of rotatable bonds is 12. The molecule has 0 atom stereocenters. The third kappa shape index (κ3) is 11.4. The van der Waals surface area contributed by atoms with Crippen LogP contribution >= 0.6 is 0 Å². The van der Waals surface area contributed by atoms with Crippen LogP contribution in [0, 0.1) is 0 Å². The van der Waals surface area contributed by atoms with E-state index < -0.39 is 0 Å². The van der Waals surface area contributed by atoms with Gasteiger partial charge in [-0.05, 0) is 102 Å². The van der Waals surface area contributed by atoms with Gasteiger partial charge in [0, 0.05) is 99.0 Å². The lowest BCUT2D eigenvalue weighted by Crippen LogP contribution is -2.00. The second kappa shape index (κ2) is 27.8. The number of hydrogen-bond donors (Lipinski definition) is 0. The molecule has 24 aromatic rings. The molecule has 8 heterocycles. The van der Waals surface area contributed by atoms with Crippen LogP contribution < -0.4 is 0 Å². The van der Waals surface area contributed by atoms with E-state index >= 15 is 0 Å². The molecule has 0 amide bonds. The minimum Gasteiger partial charge on any atom is -0.455 e. The van der Waals surface area contributed by atoms with Gasteiger partial charge in [0.1, 0.15) is 56.3 Å². The monoisotopic (exact) mass is 1510 g/mol. The van der Waals surface area contributed by atoms with Gasteiger partial charge in [0.15, 0.2) is 34.9 Å². The van der Waals surface area contributed by atoms with E-state index in [-0.39, 0.29) is 0 Å². The SMILES string of the molecule is c1ccc(-c2nc(-c3ccc(-c4cccc5c4oc4ccccc45)cc3)nc(-c3cccc4oc5c(-c6nc7ccccc7n6-c6ccccc6)cccc5c34)n2)cc1.c1ccc(-c2nc(-c3cccc(-c4cccc5c4oc4ccccc45)c3)nc(-c3cccc4oc5c(-c6nc7ccccc7n6-c6ccccc6)cccc5c34)n2)cc1. The lowest BCUT2D eigenvalue weighted by atomic mass is 10.00. The zero-order valence-electron chi connectivity index (χ0n) is 62.9. The molecule has 0 spiro atoms. The Labute approximate surface area is 673 Å². The molecule has 0 radical (unpaired) electrons. The summed E-state index contributed by atoms with van der Waals surface area (Å²) in [6.45, 7) is 0. The maximum absolute atomic E-state index is 6.81. The number of furan rings is 4. The quantitative estimate of drug-likeness (QED) is 0.114. The molecule has 16 aromatic carbocycles. The average Bonchev–Trinajstić information content (AvgIpc) is 1.58. The van der Waals surface area contributed by atoms with E-state index in [1.165, 1.54) is 0 Å². The molecular formula is C104H62N10O4. The second-order valence-electron chi connectivity index (χ2n) is 29.2. The molecule has 0 saturated heterocycles. The predicted molar refractivity (Wildman–Crippen MR) is 472 cm³/mol. The maximum Gasteiger partial charge on any atom is 0.164 e. The Bertz CT molecular complexity index is 8070. The fourth-order valence-corrected chi connectivity index (χ4v) is 16.8. The van der Waals surface area contributed by atoms with Crippen LogP contribution in [-0.2, 0) is 0 Å². The van der Waals surface area contributed by atoms with Crippen molar-refractivity contribution in [3.63, 3.8) is 0 Å². The van der Waals surface area contributed by atoms with Crippen LogP contribution in [0.2, 0.25) is 0 Å². The highest BCUT2D eigenvalue weighted by molar-refractivity contribution is 6.17. The molecule has 14 heteroatoms. The Kier molecular flexibility index (Phi) is 15.9. The Balaban J connectivity index is 0.000000138. The first-order chi connectivity index (χ1) is 58.5. The van der Waals surface area contributed by atoms with Crippen molar-refractivity contribution in [2.24, 2.45) is 0 Å². The molecule has 0 unspecified atom stereocenters. The van der Waals surface area contributed by atoms with E-state index in [1.807, 2.05) is 200 Å². The third-order valence-electron chi connectivity index (χ3n) is 22.2. The molecule has 0 aliphatic carbocycles. The Morgan fingerprint density at radius 3 is 0.975 bits per heavy atom. The van der Waals surface area contributed by atoms with Crippen molar-refractivity contribution in [1.29, 1.82) is 0 Å². The van der Waals surface area contributed by atoms with E-state index in [0.29, 0.717) is 34.9 Å². The van der Waals surface area contributed by atoms with Crippen molar-refractivity contribution in [2.45, 2.75) is 0 Å². The largest absolute Gasteiger partial charge is 0.455 e. The molecule has 0 N–H and O–H groups in total. The first-order valence-corrected chi connectivity index (χ1v) is 39.1. The van der Waals surface area contributed by atoms with E-state index in [4.69, 9.17) is 57.5 Å². The van der Waals surface area contributed by atoms with Gasteiger partial charge in [0.2, 0.25) is 0 Å². The molecule has 0 fully saturated rings. The Morgan fingerprint density at radius 2 is 0.492 bits per heavy atom. The summed E-state index contributed by atoms with van der Waals surface area (Å²) in [7, 11) is 0. The predicted octanol–water partition coefficient (Wildman–Crippen LogP) is 26.7. The van der Waals surface area contributed by atoms with Gasteiger partial charge in [-0.3, -0.25) is 9.13 Å². The standard InChI is InChI=1S/2C52H31N5O2/c1-3-15-32(16-4-1)49-54-50(34-18-11-17-33(31-34)36-22-12-23-38-37-21-7-10-29-44(37)58-47(36)38)56-51(55-49)40-25-14-30-45-46(40)39-24-13-26-41(48(39)59-45)52-53-42-27-8-9-28-43(42)57(52)35-19-5-2-6-20-35;1-3-14-33(15-4-1)49-54-50(34-30-28-32(29-31-34)36-19-11-20-38-37-18-7-10-26-44(37)58-47(36)38)56-51(55-49)40-22-13-27-45-46(40)39-21-12-23-41(48(39)59-45)52-53-42-24-8-9-25-43(42)57(52)35-16-5-2-6-17-35/h2*1-31H. The average molecular weight is 1520 g/mol. The van der Waals surface area contributed by atoms with Gasteiger partial charge in [0.05, 0.1) is 33.2 Å². The molecule has 24 rings (SSSR count). The normalized spacial score (nSPS) is 11.7. The molecule has 0 aliphatic heterocycles. The minimum atomic E-state index is 0.550. The molecule has 0 aliphatic rings. The zero-order valence-corrected chi connectivity index (χ0v) is 62.9. The molecule has 0 saturated carbocycles. The molecule has 118 heavy (non-hydrogen) atoms. The molecular weight excluding hydrogens is 1450 g/mol. The minimum absolute atomic E-state index is 0.550. The van der Waals surface area contributed by atoms with Gasteiger partial charge >= 0.3 is 0 Å². The zero-order chi connectivity index (χ0) is 77.7. The van der Waals surface area contributed by atoms with Crippen LogP contribution in [0.15, 0.2) is 394 Å². The Morgan fingerprint density at radius 1 is 0.186 bits per heavy atom. The van der Waals surface area contributed by atoms with Gasteiger partial charge < -0.3 is 17.7 Å². The summed E-state index contributed by atoms with van der Waals surface area (Å²) < 4.78 is 30.8. The van der Waals surface area contributed by atoms with Gasteiger partial charge in [-0.15, -0.1) is 0 Å². The van der Waals surface area contributed by atoms with Gasteiger partial charge in [-0.2, -0.15) is 0 Å². The second-order valence-corrected chi connectivity index (χ2v) is 29.2. The summed E-state index contributed by atoms with van der Waals surface area (Å²) in [5.74, 6) is 5.02. The van der Waals surface area contributed by atoms with Crippen LogP contribution in [-0.4, -0.2) is 49.0 Å². The number of imidazole rings is 2. The van der Waals surface area contributed by atoms with E-state index in [0.717, 1.165) is 200 Å². The molecule has 552 valence electrons. The van der Waals surface area contributed by atoms with Crippen LogP contribution in [0.3, 0.4) is 0 Å². The van der Waals surface area contributed by atoms with Crippen molar-refractivity contribution >= 4 is 110 Å². The van der Waals surface area contributed by atoms with E-state index in [9.17, 15) is 0 Å². The summed E-state index contributed by atoms with van der Waals surface area (Å²) in [6, 6.07) is 127. The molecule has 14 nitrogen and oxygen atoms in total. The van der Waals surface area contributed by atoms with Crippen molar-refractivity contribution in [1.82, 2.24) is 49.0 Å². The number of nitrogens with zero attached hydrogens (tertiary/aromatic N) is 10. The molecule has 8 aromatic heterocycles. The van der Waals surface area contributed by atoms with E-state index in [2.05, 4.69) is 185 Å². The van der Waals surface area contributed by atoms with E-state index in [1.54, 1.807) is 0 Å². The highest BCUT2D eigenvalue weighted by atomic mass is 16.3. The summed E-state index contributed by atoms with van der Waals surface area (Å²) in [4.78, 5) is 41.2. The maximum atomic E-state index is 6.81. The fraction of sp³-hybridized carbons (Fsp3) is 0. The van der Waals surface area contributed by atoms with Crippen LogP contribution in [0.1, 0.15) is 0 Å². The van der Waals surface area contributed by atoms with Crippen molar-refractivity contribution in [2.75, 3.05) is 0 Å². The van der Waals surface area contributed by atoms with Gasteiger partial charge in [-0.1, -0.05) is 285 Å². The number of fused-ring (bicyclic) bond motifs is 14. The van der Waals surface area contributed by atoms with Crippen LogP contribution in [0.25, 0.3) is 235 Å². The number of para-hydroxylation sites is 12. The number of benzene rings is 16. The third-order valence-corrected chi connectivity index (χ3v) is 22.2. The topological polar surface area (TPSA) is 166 Å². The summed E-state index contributed by atoms with van der Waals surface area (Å²) in [5.41, 5.74) is 23.4. The smallest absolute Gasteiger partial charge is 0.164 e. The number of aromatic nitrogens is 10. The highest BCUT2D eigenvalue weighted by Gasteiger charge is 2.27. The van der Waals surface area contributed by atoms with Gasteiger partial charge in [0.25, 0.3) is 0 Å².